The van der Waals surface area contributed by atoms with Crippen LogP contribution in [0.3, 0.4) is 0 Å². The Balaban J connectivity index is 0.00000408. The van der Waals surface area contributed by atoms with Crippen LogP contribution in [0.5, 0.6) is 5.75 Å². The van der Waals surface area contributed by atoms with E-state index >= 15 is 0 Å². The van der Waals surface area contributed by atoms with E-state index in [-0.39, 0.29) is 35.3 Å². The number of phenols is 1. The smallest absolute Gasteiger partial charge is 0.305 e. The number of ether oxygens (including phenoxy) is 1. The summed E-state index contributed by atoms with van der Waals surface area (Å²) in [4.78, 5) is 14.0. The molecule has 1 heterocycles. The van der Waals surface area contributed by atoms with E-state index in [1.165, 1.54) is 11.1 Å². The molecule has 0 bridgehead atoms. The number of halogens is 1. The van der Waals surface area contributed by atoms with Crippen molar-refractivity contribution in [2.45, 2.75) is 26.2 Å². The lowest BCUT2D eigenvalue weighted by atomic mass is 10.1. The number of hydrogen-bond acceptors (Lipinski definition) is 7. The molecule has 0 unspecified atom stereocenters. The molecule has 0 radical (unpaired) electrons. The number of H-pyrrole nitrogens is 1. The summed E-state index contributed by atoms with van der Waals surface area (Å²) in [6, 6.07) is 11.5. The number of sulfonamides is 1. The molecule has 0 aliphatic heterocycles. The summed E-state index contributed by atoms with van der Waals surface area (Å²) in [5.41, 5.74) is 3.91. The number of hydrogen-bond donors (Lipinski definition) is 4. The third-order valence-corrected chi connectivity index (χ3v) is 7.75. The van der Waals surface area contributed by atoms with Gasteiger partial charge in [-0.15, -0.1) is 12.4 Å². The highest BCUT2D eigenvalue weighted by atomic mass is 35.5. The number of rotatable bonds is 14. The first-order valence-corrected chi connectivity index (χ1v) is 13.5. The van der Waals surface area contributed by atoms with Crippen LogP contribution in [0.2, 0.25) is 0 Å². The van der Waals surface area contributed by atoms with Gasteiger partial charge in [-0.05, 0) is 62.0 Å². The predicted molar refractivity (Wildman–Crippen MR) is 140 cm³/mol. The summed E-state index contributed by atoms with van der Waals surface area (Å²) >= 11 is 1.08. The molecular formula is C23H32ClN3O5S2. The van der Waals surface area contributed by atoms with E-state index in [0.717, 1.165) is 28.0 Å². The number of aromatic amines is 1. The van der Waals surface area contributed by atoms with Gasteiger partial charge in [0.1, 0.15) is 11.3 Å². The summed E-state index contributed by atoms with van der Waals surface area (Å²) in [5.74, 6) is 0.112. The lowest BCUT2D eigenvalue weighted by molar-refractivity contribution is 0.142. The molecule has 0 atom stereocenters. The van der Waals surface area contributed by atoms with E-state index in [1.807, 2.05) is 12.1 Å². The Morgan fingerprint density at radius 2 is 1.82 bits per heavy atom. The number of benzene rings is 2. The minimum absolute atomic E-state index is 0. The molecule has 1 aromatic heterocycles. The fraction of sp³-hybridized carbons (Fsp3) is 0.435. The average molecular weight is 530 g/mol. The van der Waals surface area contributed by atoms with E-state index in [2.05, 4.69) is 34.1 Å². The number of aryl methyl sites for hydroxylation is 1. The van der Waals surface area contributed by atoms with Gasteiger partial charge in [0.25, 0.3) is 0 Å². The third kappa shape index (κ3) is 8.68. The number of nitrogens with one attached hydrogen (secondary N) is 3. The Morgan fingerprint density at radius 3 is 2.62 bits per heavy atom. The monoisotopic (exact) mass is 529 g/mol. The Bertz CT molecular complexity index is 1210. The first kappa shape index (κ1) is 28.3. The maximum absolute atomic E-state index is 12.1. The molecule has 0 aliphatic carbocycles. The molecule has 188 valence electrons. The Morgan fingerprint density at radius 1 is 1.03 bits per heavy atom. The molecule has 3 rings (SSSR count). The molecule has 0 fully saturated rings. The molecule has 34 heavy (non-hydrogen) atoms. The second-order valence-electron chi connectivity index (χ2n) is 7.82. The number of phenolic OH excluding ortho intramolecular Hbond substituents is 1. The molecule has 0 saturated carbocycles. The van der Waals surface area contributed by atoms with E-state index in [4.69, 9.17) is 4.74 Å². The minimum Gasteiger partial charge on any atom is -0.506 e. The number of thiazole rings is 1. The van der Waals surface area contributed by atoms with Gasteiger partial charge in [-0.3, -0.25) is 4.79 Å². The molecule has 4 N–H and O–H groups in total. The fourth-order valence-electron chi connectivity index (χ4n) is 3.52. The molecular weight excluding hydrogens is 498 g/mol. The molecule has 0 saturated heterocycles. The van der Waals surface area contributed by atoms with Crippen molar-refractivity contribution in [3.05, 3.63) is 62.8 Å². The van der Waals surface area contributed by atoms with Gasteiger partial charge in [-0.1, -0.05) is 41.7 Å². The molecule has 3 aromatic rings. The van der Waals surface area contributed by atoms with E-state index in [0.29, 0.717) is 44.7 Å². The molecule has 0 spiro atoms. The Hall–Kier alpha value is -1.95. The number of fused-ring (bicyclic) bond motifs is 1. The van der Waals surface area contributed by atoms with Crippen LogP contribution in [0, 0.1) is 6.92 Å². The largest absolute Gasteiger partial charge is 0.506 e. The standard InChI is InChI=1S/C23H31N3O5S2.ClH/c1-17-5-2-3-6-18(17)10-14-31-15-13-25-33(29,30)16-4-11-24-12-9-19-7-8-20(27)21-22(19)32-23(28)26-21;/h2-3,5-8,24-25,27H,4,9-16H2,1H3,(H,26,28);1H. The maximum atomic E-state index is 12.1. The zero-order valence-electron chi connectivity index (χ0n) is 19.1. The van der Waals surface area contributed by atoms with Crippen molar-refractivity contribution in [3.63, 3.8) is 0 Å². The molecule has 2 aromatic carbocycles. The molecule has 8 nitrogen and oxygen atoms in total. The summed E-state index contributed by atoms with van der Waals surface area (Å²) in [6.07, 6.45) is 1.98. The zero-order chi connectivity index (χ0) is 23.7. The maximum Gasteiger partial charge on any atom is 0.305 e. The van der Waals surface area contributed by atoms with Crippen LogP contribution >= 0.6 is 23.7 Å². The summed E-state index contributed by atoms with van der Waals surface area (Å²) < 4.78 is 33.1. The van der Waals surface area contributed by atoms with E-state index in [9.17, 15) is 18.3 Å². The van der Waals surface area contributed by atoms with Crippen LogP contribution < -0.4 is 14.9 Å². The van der Waals surface area contributed by atoms with Gasteiger partial charge >= 0.3 is 4.87 Å². The lowest BCUT2D eigenvalue weighted by Gasteiger charge is -2.09. The summed E-state index contributed by atoms with van der Waals surface area (Å²) in [5, 5.41) is 13.1. The van der Waals surface area contributed by atoms with Crippen LogP contribution in [0.4, 0.5) is 0 Å². The predicted octanol–water partition coefficient (Wildman–Crippen LogP) is 2.73. The summed E-state index contributed by atoms with van der Waals surface area (Å²) in [6.45, 7) is 4.45. The minimum atomic E-state index is -3.33. The highest BCUT2D eigenvalue weighted by Crippen LogP contribution is 2.27. The zero-order valence-corrected chi connectivity index (χ0v) is 21.6. The number of aromatic nitrogens is 1. The summed E-state index contributed by atoms with van der Waals surface area (Å²) in [7, 11) is -3.33. The van der Waals surface area contributed by atoms with Crippen LogP contribution in [-0.4, -0.2) is 57.1 Å². The first-order valence-electron chi connectivity index (χ1n) is 11.0. The SMILES string of the molecule is Cc1ccccc1CCOCCNS(=O)(=O)CCCNCCc1ccc(O)c2[nH]c(=O)sc12.Cl. The van der Waals surface area contributed by atoms with Gasteiger partial charge in [0, 0.05) is 6.54 Å². The second kappa shape index (κ2) is 13.8. The van der Waals surface area contributed by atoms with Gasteiger partial charge in [-0.25, -0.2) is 13.1 Å². The van der Waals surface area contributed by atoms with Crippen LogP contribution in [-0.2, 0) is 27.6 Å². The Kier molecular flexibility index (Phi) is 11.5. The van der Waals surface area contributed by atoms with E-state index in [1.54, 1.807) is 12.1 Å². The third-order valence-electron chi connectivity index (χ3n) is 5.32. The van der Waals surface area contributed by atoms with E-state index < -0.39 is 10.0 Å². The van der Waals surface area contributed by atoms with Crippen molar-refractivity contribution in [2.24, 2.45) is 0 Å². The second-order valence-corrected chi connectivity index (χ2v) is 10.7. The van der Waals surface area contributed by atoms with Crippen LogP contribution in [0.25, 0.3) is 10.2 Å². The number of aromatic hydroxyl groups is 1. The van der Waals surface area contributed by atoms with Crippen LogP contribution in [0.1, 0.15) is 23.1 Å². The van der Waals surface area contributed by atoms with Gasteiger partial charge < -0.3 is 20.1 Å². The van der Waals surface area contributed by atoms with Crippen molar-refractivity contribution >= 4 is 44.0 Å². The quantitative estimate of drug-likeness (QED) is 0.238. The Labute approximate surface area is 210 Å². The van der Waals surface area contributed by atoms with Crippen molar-refractivity contribution < 1.29 is 18.3 Å². The molecule has 0 aliphatic rings. The highest BCUT2D eigenvalue weighted by molar-refractivity contribution is 7.89. The fourth-order valence-corrected chi connectivity index (χ4v) is 5.48. The average Bonchev–Trinajstić information content (AvgIpc) is 3.18. The van der Waals surface area contributed by atoms with Crippen molar-refractivity contribution in [1.82, 2.24) is 15.0 Å². The van der Waals surface area contributed by atoms with Crippen molar-refractivity contribution in [2.75, 3.05) is 38.6 Å². The van der Waals surface area contributed by atoms with Crippen molar-refractivity contribution in [3.8, 4) is 5.75 Å². The normalized spacial score (nSPS) is 11.6. The van der Waals surface area contributed by atoms with Crippen molar-refractivity contribution in [1.29, 1.82) is 0 Å². The van der Waals surface area contributed by atoms with Gasteiger partial charge in [-0.2, -0.15) is 0 Å². The first-order chi connectivity index (χ1) is 15.9. The molecule has 11 heteroatoms. The topological polar surface area (TPSA) is 121 Å². The van der Waals surface area contributed by atoms with Gasteiger partial charge in [0.15, 0.2) is 0 Å². The van der Waals surface area contributed by atoms with Crippen LogP contribution in [0.15, 0.2) is 41.2 Å². The lowest BCUT2D eigenvalue weighted by Crippen LogP contribution is -2.31. The molecule has 0 amide bonds. The van der Waals surface area contributed by atoms with Gasteiger partial charge in [0.2, 0.25) is 10.0 Å². The highest BCUT2D eigenvalue weighted by Gasteiger charge is 2.11. The van der Waals surface area contributed by atoms with Gasteiger partial charge in [0.05, 0.1) is 23.7 Å².